The van der Waals surface area contributed by atoms with Gasteiger partial charge >= 0.3 is 23.1 Å². The van der Waals surface area contributed by atoms with E-state index in [9.17, 15) is 0 Å². The summed E-state index contributed by atoms with van der Waals surface area (Å²) in [6, 6.07) is 0. The van der Waals surface area contributed by atoms with Crippen molar-refractivity contribution in [3.63, 3.8) is 0 Å². The molecular formula is H4AlCoMgO3+. The average Bonchev–Trinajstić information content (AvgIpc) is 0.918. The van der Waals surface area contributed by atoms with Gasteiger partial charge in [0.1, 0.15) is 0 Å². The van der Waals surface area contributed by atoms with E-state index in [-0.39, 0.29) is 45.3 Å². The molecule has 0 aliphatic heterocycles. The third-order valence-corrected chi connectivity index (χ3v) is 0. The molecule has 0 fully saturated rings. The fraction of sp³-hybridized carbons (Fsp3) is 0. The van der Waals surface area contributed by atoms with Crippen LogP contribution in [0.3, 0.4) is 0 Å². The standard InChI is InChI=1S/Al.Co.Mg.2H2O.O.H/h;;;2*1H2;;/q+1;;+2;;;-1;/p-1. The monoisotopic (exact) mass is 162 g/mol. The Morgan fingerprint density at radius 2 is 1.50 bits per heavy atom. The van der Waals surface area contributed by atoms with E-state index in [4.69, 9.17) is 8.32 Å². The van der Waals surface area contributed by atoms with Crippen molar-refractivity contribution in [2.45, 2.75) is 0 Å². The predicted molar refractivity (Wildman–Crippen MR) is 18.7 cm³/mol. The predicted octanol–water partition coefficient (Wildman–Crippen LogP) is -3.60. The molecule has 6 heteroatoms. The fourth-order valence-electron chi connectivity index (χ4n) is 0. The van der Waals surface area contributed by atoms with Crippen LogP contribution in [0.1, 0.15) is 0 Å². The zero-order chi connectivity index (χ0) is 2.71. The van der Waals surface area contributed by atoms with E-state index in [2.05, 4.69) is 0 Å². The summed E-state index contributed by atoms with van der Waals surface area (Å²) in [5.41, 5.74) is 0. The smallest absolute Gasteiger partial charge is 0.873 e. The zero-order valence-electron chi connectivity index (χ0n) is 3.10. The van der Waals surface area contributed by atoms with Gasteiger partial charge in [-0.2, -0.15) is 0 Å². The Balaban J connectivity index is -0.00000000667. The maximum atomic E-state index is 8.62. The van der Waals surface area contributed by atoms with Gasteiger partial charge in [-0.3, -0.25) is 0 Å². The molecule has 0 aliphatic carbocycles. The molecular weight excluding hydrogens is 158 g/mol. The van der Waals surface area contributed by atoms with Crippen LogP contribution in [0.15, 0.2) is 0 Å². The number of rotatable bonds is 0. The third kappa shape index (κ3) is 43.9. The molecule has 0 aromatic rings. The molecule has 0 aromatic carbocycles. The second-order valence-electron chi connectivity index (χ2n) is 0.129. The van der Waals surface area contributed by atoms with E-state index in [0.717, 1.165) is 0 Å². The minimum absolute atomic E-state index is 0. The first-order valence-corrected chi connectivity index (χ1v) is 1.81. The van der Waals surface area contributed by atoms with Gasteiger partial charge in [-0.25, -0.2) is 0 Å². The van der Waals surface area contributed by atoms with Gasteiger partial charge < -0.3 is 13.8 Å². The minimum atomic E-state index is -1.83. The molecule has 6 heavy (non-hydrogen) atoms. The van der Waals surface area contributed by atoms with Crippen molar-refractivity contribution >= 4 is 38.9 Å². The summed E-state index contributed by atoms with van der Waals surface area (Å²) in [7, 11) is 0. The van der Waals surface area contributed by atoms with Crippen molar-refractivity contribution in [1.29, 1.82) is 0 Å². The van der Waals surface area contributed by atoms with E-state index in [1.807, 2.05) is 0 Å². The van der Waals surface area contributed by atoms with Crippen LogP contribution < -0.4 is 4.16 Å². The van der Waals surface area contributed by atoms with E-state index in [0.29, 0.717) is 0 Å². The van der Waals surface area contributed by atoms with E-state index in [1.165, 1.54) is 0 Å². The second kappa shape index (κ2) is 30.0. The van der Waals surface area contributed by atoms with Gasteiger partial charge in [0.2, 0.25) is 0 Å². The quantitative estimate of drug-likeness (QED) is 0.374. The molecule has 3 N–H and O–H groups in total. The molecule has 0 heterocycles. The SMILES string of the molecule is O.[Co].[Mg+2].[O-][AlH][OH]. The Kier molecular flexibility index (Phi) is 126. The first-order chi connectivity index (χ1) is 1.41. The van der Waals surface area contributed by atoms with Crippen LogP contribution in [0.4, 0.5) is 0 Å². The topological polar surface area (TPSA) is 74.8 Å². The third-order valence-electron chi connectivity index (χ3n) is 0. The summed E-state index contributed by atoms with van der Waals surface area (Å²) in [5.74, 6) is 0. The van der Waals surface area contributed by atoms with Crippen molar-refractivity contribution in [3.8, 4) is 0 Å². The first-order valence-electron chi connectivity index (χ1n) is 0.605. The Bertz CT molecular complexity index is 10.8. The van der Waals surface area contributed by atoms with Gasteiger partial charge in [0.15, 0.2) is 0 Å². The molecule has 0 bridgehead atoms. The van der Waals surface area contributed by atoms with Crippen LogP contribution in [-0.2, 0) is 16.8 Å². The Hall–Kier alpha value is 1.69. The largest absolute Gasteiger partial charge is 2.00 e. The van der Waals surface area contributed by atoms with Crippen molar-refractivity contribution in [1.82, 2.24) is 0 Å². The Morgan fingerprint density at radius 1 is 1.50 bits per heavy atom. The van der Waals surface area contributed by atoms with Crippen LogP contribution in [0.2, 0.25) is 0 Å². The Morgan fingerprint density at radius 3 is 1.50 bits per heavy atom. The van der Waals surface area contributed by atoms with Crippen molar-refractivity contribution in [2.75, 3.05) is 0 Å². The summed E-state index contributed by atoms with van der Waals surface area (Å²) >= 11 is -1.83. The van der Waals surface area contributed by atoms with Crippen LogP contribution in [0, 0.1) is 0 Å². The molecule has 0 saturated carbocycles. The number of hydrogen-bond donors (Lipinski definition) is 1. The maximum absolute atomic E-state index is 8.62. The molecule has 0 spiro atoms. The minimum Gasteiger partial charge on any atom is -0.873 e. The van der Waals surface area contributed by atoms with Gasteiger partial charge in [0, 0.05) is 16.8 Å². The van der Waals surface area contributed by atoms with Crippen LogP contribution in [0.5, 0.6) is 0 Å². The van der Waals surface area contributed by atoms with Gasteiger partial charge in [-0.1, -0.05) is 0 Å². The van der Waals surface area contributed by atoms with Crippen LogP contribution in [0.25, 0.3) is 0 Å². The van der Waals surface area contributed by atoms with Gasteiger partial charge in [0.25, 0.3) is 15.9 Å². The van der Waals surface area contributed by atoms with E-state index < -0.39 is 15.9 Å². The summed E-state index contributed by atoms with van der Waals surface area (Å²) in [5, 5.41) is 0. The van der Waals surface area contributed by atoms with Crippen LogP contribution in [-0.4, -0.2) is 48.6 Å². The summed E-state index contributed by atoms with van der Waals surface area (Å²) < 4.78 is 15.8. The molecule has 0 atom stereocenters. The fourth-order valence-corrected chi connectivity index (χ4v) is 0. The maximum Gasteiger partial charge on any atom is 2.00 e. The molecule has 0 saturated heterocycles. The molecule has 0 unspecified atom stereocenters. The van der Waals surface area contributed by atoms with Crippen molar-refractivity contribution < 1.29 is 30.6 Å². The molecule has 1 radical (unpaired) electrons. The van der Waals surface area contributed by atoms with Gasteiger partial charge in [-0.05, 0) is 0 Å². The molecule has 0 rings (SSSR count). The van der Waals surface area contributed by atoms with Crippen LogP contribution >= 0.6 is 0 Å². The van der Waals surface area contributed by atoms with Crippen molar-refractivity contribution in [3.05, 3.63) is 0 Å². The second-order valence-corrected chi connectivity index (χ2v) is 0.387. The van der Waals surface area contributed by atoms with Gasteiger partial charge in [0.05, 0.1) is 0 Å². The average molecular weight is 162 g/mol. The first kappa shape index (κ1) is 25.3. The summed E-state index contributed by atoms with van der Waals surface area (Å²) in [4.78, 5) is 0. The molecule has 35 valence electrons. The normalized spacial score (nSPS) is 2.33. The Labute approximate surface area is 69.2 Å². The van der Waals surface area contributed by atoms with E-state index >= 15 is 0 Å². The number of hydrogen-bond acceptors (Lipinski definition) is 2. The molecule has 0 amide bonds. The molecule has 0 aromatic heterocycles. The van der Waals surface area contributed by atoms with Gasteiger partial charge in [-0.15, -0.1) is 0 Å². The van der Waals surface area contributed by atoms with E-state index in [1.54, 1.807) is 0 Å². The van der Waals surface area contributed by atoms with Crippen molar-refractivity contribution in [2.24, 2.45) is 0 Å². The molecule has 3 nitrogen and oxygen atoms in total. The zero-order valence-corrected chi connectivity index (χ0v) is 6.97. The molecule has 0 aliphatic rings. The summed E-state index contributed by atoms with van der Waals surface area (Å²) in [6.07, 6.45) is 0. The summed E-state index contributed by atoms with van der Waals surface area (Å²) in [6.45, 7) is 0.